The molecule has 2 aliphatic rings. The number of hydrogen-bond acceptors (Lipinski definition) is 7. The molecule has 0 bridgehead atoms. The van der Waals surface area contributed by atoms with E-state index in [1.54, 1.807) is 17.1 Å². The van der Waals surface area contributed by atoms with Crippen LogP contribution < -0.4 is 15.0 Å². The molecule has 0 saturated heterocycles. The van der Waals surface area contributed by atoms with Gasteiger partial charge in [0, 0.05) is 29.2 Å². The number of thioether (sulfide) groups is 1. The summed E-state index contributed by atoms with van der Waals surface area (Å²) in [6.07, 6.45) is 1.20. The van der Waals surface area contributed by atoms with E-state index < -0.39 is 41.4 Å². The number of carbonyl (C=O) groups excluding carboxylic acids is 2. The number of nitrogens with one attached hydrogen (secondary N) is 1. The minimum Gasteiger partial charge on any atom is -0.485 e. The quantitative estimate of drug-likeness (QED) is 0.369. The van der Waals surface area contributed by atoms with Gasteiger partial charge >= 0.3 is 12.1 Å². The molecular weight excluding hydrogens is 481 g/mol. The lowest BCUT2D eigenvalue weighted by molar-refractivity contribution is -0.141. The van der Waals surface area contributed by atoms with Gasteiger partial charge in [-0.05, 0) is 20.3 Å². The van der Waals surface area contributed by atoms with Gasteiger partial charge in [-0.15, -0.1) is 11.8 Å². The van der Waals surface area contributed by atoms with Crippen molar-refractivity contribution >= 4 is 35.0 Å². The van der Waals surface area contributed by atoms with Crippen LogP contribution in [0.3, 0.4) is 0 Å². The van der Waals surface area contributed by atoms with Gasteiger partial charge < -0.3 is 19.7 Å². The van der Waals surface area contributed by atoms with Crippen LogP contribution >= 0.6 is 11.8 Å². The number of nitrogens with zero attached hydrogens (tertiary/aromatic N) is 1. The van der Waals surface area contributed by atoms with Gasteiger partial charge in [0.1, 0.15) is 11.5 Å². The van der Waals surface area contributed by atoms with E-state index in [0.29, 0.717) is 18.2 Å². The molecule has 190 valence electrons. The molecule has 0 amide bonds. The maximum Gasteiger partial charge on any atom is 0.418 e. The Labute approximate surface area is 207 Å². The number of carbonyl (C=O) groups is 2. The second-order valence-electron chi connectivity index (χ2n) is 7.52. The number of rotatable bonds is 6. The second-order valence-corrected chi connectivity index (χ2v) is 8.47. The topological polar surface area (TPSA) is 67.9 Å². The Morgan fingerprint density at radius 1 is 1.34 bits per heavy atom. The molecule has 0 spiro atoms. The molecule has 0 radical (unpaired) electrons. The number of Topliss-reactive ketones (excluding diaryl/α,β-unsaturated/α-hetero) is 1. The standard InChI is InChI=1S/C21H23F3N2O4S.C4H6/c1-5-13(6-2)25-9-26-10-31-20-14(26)7-16-17(18(20)21(22,23)24)19(30-12(4)27)11(3)15(28)8-29-16;1-3-4-2/h5,7,25H,6,8-10H2,1-4H3;3-4H,1-2H2/b13-5+;. The van der Waals surface area contributed by atoms with E-state index in [1.165, 1.54) is 13.0 Å². The van der Waals surface area contributed by atoms with E-state index >= 15 is 0 Å². The average molecular weight is 511 g/mol. The van der Waals surface area contributed by atoms with E-state index in [-0.39, 0.29) is 16.2 Å². The number of ketones is 1. The van der Waals surface area contributed by atoms with Gasteiger partial charge in [-0.25, -0.2) is 0 Å². The number of benzene rings is 1. The first kappa shape index (κ1) is 28.1. The van der Waals surface area contributed by atoms with Gasteiger partial charge in [-0.2, -0.15) is 13.2 Å². The zero-order chi connectivity index (χ0) is 26.3. The molecule has 0 aromatic heterocycles. The molecule has 0 saturated carbocycles. The normalized spacial score (nSPS) is 15.2. The lowest BCUT2D eigenvalue weighted by Gasteiger charge is -2.24. The minimum absolute atomic E-state index is 0.0157. The summed E-state index contributed by atoms with van der Waals surface area (Å²) in [5.74, 6) is -1.60. The Morgan fingerprint density at radius 2 is 2.00 bits per heavy atom. The summed E-state index contributed by atoms with van der Waals surface area (Å²) in [4.78, 5) is 25.7. The summed E-state index contributed by atoms with van der Waals surface area (Å²) in [5, 5.41) is 3.22. The predicted molar refractivity (Wildman–Crippen MR) is 132 cm³/mol. The van der Waals surface area contributed by atoms with E-state index in [9.17, 15) is 22.8 Å². The van der Waals surface area contributed by atoms with Crippen LogP contribution in [0.2, 0.25) is 0 Å². The third kappa shape index (κ3) is 6.50. The molecule has 10 heteroatoms. The van der Waals surface area contributed by atoms with Crippen LogP contribution in [0, 0.1) is 0 Å². The molecule has 0 atom stereocenters. The Kier molecular flexibility index (Phi) is 9.64. The molecule has 2 heterocycles. The van der Waals surface area contributed by atoms with Crippen molar-refractivity contribution in [3.8, 4) is 5.75 Å². The number of alkyl halides is 3. The van der Waals surface area contributed by atoms with Crippen molar-refractivity contribution in [2.24, 2.45) is 0 Å². The van der Waals surface area contributed by atoms with Crippen LogP contribution in [0.25, 0.3) is 5.76 Å². The van der Waals surface area contributed by atoms with E-state index in [1.807, 2.05) is 19.9 Å². The van der Waals surface area contributed by atoms with Crippen LogP contribution in [-0.2, 0) is 20.5 Å². The molecule has 0 fully saturated rings. The first-order chi connectivity index (χ1) is 16.5. The summed E-state index contributed by atoms with van der Waals surface area (Å²) in [5.41, 5.74) is -0.123. The third-order valence-corrected chi connectivity index (χ3v) is 6.34. The zero-order valence-electron chi connectivity index (χ0n) is 20.2. The highest BCUT2D eigenvalue weighted by Gasteiger charge is 2.44. The van der Waals surface area contributed by atoms with Crippen molar-refractivity contribution in [1.29, 1.82) is 0 Å². The zero-order valence-corrected chi connectivity index (χ0v) is 21.0. The van der Waals surface area contributed by atoms with Crippen molar-refractivity contribution in [1.82, 2.24) is 5.32 Å². The van der Waals surface area contributed by atoms with Gasteiger partial charge in [-0.1, -0.05) is 38.3 Å². The number of anilines is 1. The van der Waals surface area contributed by atoms with Gasteiger partial charge in [0.2, 0.25) is 0 Å². The van der Waals surface area contributed by atoms with Gasteiger partial charge in [0.25, 0.3) is 0 Å². The fraction of sp³-hybridized carbons (Fsp3) is 0.360. The summed E-state index contributed by atoms with van der Waals surface area (Å²) in [7, 11) is 0. The highest BCUT2D eigenvalue weighted by Crippen LogP contribution is 2.53. The number of esters is 1. The molecule has 0 aliphatic carbocycles. The molecule has 0 unspecified atom stereocenters. The van der Waals surface area contributed by atoms with Gasteiger partial charge in [0.05, 0.1) is 29.4 Å². The smallest absolute Gasteiger partial charge is 0.418 e. The Morgan fingerprint density at radius 3 is 2.51 bits per heavy atom. The SMILES string of the molecule is C/C=C(\CC)NCN1CSc2c1cc1c(c2C(F)(F)F)C(OC(C)=O)=C(C)C(=O)CO1.C=CC=C. The van der Waals surface area contributed by atoms with Crippen molar-refractivity contribution in [2.45, 2.75) is 45.2 Å². The number of hydrogen-bond donors (Lipinski definition) is 1. The second kappa shape index (κ2) is 12.0. The van der Waals surface area contributed by atoms with E-state index in [4.69, 9.17) is 9.47 Å². The lowest BCUT2D eigenvalue weighted by Crippen LogP contribution is -2.31. The van der Waals surface area contributed by atoms with Crippen molar-refractivity contribution in [2.75, 3.05) is 24.1 Å². The molecular formula is C25H29F3N2O4S. The van der Waals surface area contributed by atoms with Crippen molar-refractivity contribution < 1.29 is 32.2 Å². The van der Waals surface area contributed by atoms with Gasteiger partial charge in [-0.3, -0.25) is 9.59 Å². The predicted octanol–water partition coefficient (Wildman–Crippen LogP) is 6.05. The Hall–Kier alpha value is -3.14. The molecule has 1 N–H and O–H groups in total. The van der Waals surface area contributed by atoms with E-state index in [0.717, 1.165) is 30.8 Å². The van der Waals surface area contributed by atoms with Crippen LogP contribution in [0.15, 0.2) is 53.6 Å². The first-order valence-corrected chi connectivity index (χ1v) is 11.8. The van der Waals surface area contributed by atoms with Gasteiger partial charge in [0.15, 0.2) is 12.4 Å². The molecule has 1 aromatic carbocycles. The maximum absolute atomic E-state index is 14.3. The average Bonchev–Trinajstić information content (AvgIpc) is 3.17. The van der Waals surface area contributed by atoms with E-state index in [2.05, 4.69) is 18.5 Å². The fourth-order valence-electron chi connectivity index (χ4n) is 3.43. The highest BCUT2D eigenvalue weighted by molar-refractivity contribution is 8.00. The van der Waals surface area contributed by atoms with Crippen molar-refractivity contribution in [3.05, 3.63) is 59.8 Å². The largest absolute Gasteiger partial charge is 0.485 e. The number of halogens is 3. The summed E-state index contributed by atoms with van der Waals surface area (Å²) < 4.78 is 53.4. The fourth-order valence-corrected chi connectivity index (χ4v) is 4.64. The maximum atomic E-state index is 14.3. The summed E-state index contributed by atoms with van der Waals surface area (Å²) >= 11 is 1.04. The Balaban J connectivity index is 0.00000100. The molecule has 1 aromatic rings. The van der Waals surface area contributed by atoms with Crippen LogP contribution in [0.1, 0.15) is 45.2 Å². The molecule has 2 aliphatic heterocycles. The number of fused-ring (bicyclic) bond motifs is 2. The molecule has 6 nitrogen and oxygen atoms in total. The number of ether oxygens (including phenoxy) is 2. The minimum atomic E-state index is -4.76. The Bertz CT molecular complexity index is 1070. The molecule has 3 rings (SSSR count). The number of allylic oxidation sites excluding steroid dienone is 4. The monoisotopic (exact) mass is 510 g/mol. The highest BCUT2D eigenvalue weighted by atomic mass is 32.2. The summed E-state index contributed by atoms with van der Waals surface area (Å²) in [6, 6.07) is 1.48. The van der Waals surface area contributed by atoms with Crippen LogP contribution in [0.5, 0.6) is 5.75 Å². The van der Waals surface area contributed by atoms with Crippen LogP contribution in [-0.4, -0.2) is 30.9 Å². The first-order valence-electron chi connectivity index (χ1n) is 10.8. The molecule has 35 heavy (non-hydrogen) atoms. The third-order valence-electron chi connectivity index (χ3n) is 5.20. The van der Waals surface area contributed by atoms with Crippen LogP contribution in [0.4, 0.5) is 18.9 Å². The lowest BCUT2D eigenvalue weighted by atomic mass is 9.99. The summed E-state index contributed by atoms with van der Waals surface area (Å²) in [6.45, 7) is 12.9. The van der Waals surface area contributed by atoms with Crippen molar-refractivity contribution in [3.63, 3.8) is 0 Å².